The third-order valence-corrected chi connectivity index (χ3v) is 6.35. The largest absolute Gasteiger partial charge is 0.457 e. The molecule has 1 atom stereocenters. The molecule has 1 fully saturated rings. The lowest BCUT2D eigenvalue weighted by Crippen LogP contribution is -2.21. The Morgan fingerprint density at radius 1 is 1.22 bits per heavy atom. The van der Waals surface area contributed by atoms with Gasteiger partial charge in [0.05, 0.1) is 0 Å². The average molecular weight is 450 g/mol. The molecule has 0 aliphatic heterocycles. The summed E-state index contributed by atoms with van der Waals surface area (Å²) in [6, 6.07) is 13.2. The van der Waals surface area contributed by atoms with Gasteiger partial charge in [-0.15, -0.1) is 11.3 Å². The number of hydrogen-bond donors (Lipinski definition) is 1. The molecule has 0 bridgehead atoms. The first-order valence-electron chi connectivity index (χ1n) is 10.7. The molecule has 1 unspecified atom stereocenters. The maximum Gasteiger partial charge on any atom is 0.253 e. The van der Waals surface area contributed by atoms with Crippen molar-refractivity contribution in [2.45, 2.75) is 32.6 Å². The molecule has 0 radical (unpaired) electrons. The number of anilines is 2. The SMILES string of the molecule is Cc1cnc(Nc2ccc(Oc3ccc(C(=O)N(C)C)cc3)c(CC3CCC(=O)C3)c2)s1. The normalized spacial score (nSPS) is 15.6. The van der Waals surface area contributed by atoms with Crippen LogP contribution in [0.1, 0.15) is 40.1 Å². The smallest absolute Gasteiger partial charge is 0.253 e. The molecule has 1 amide bonds. The van der Waals surface area contributed by atoms with E-state index in [0.717, 1.165) is 39.9 Å². The van der Waals surface area contributed by atoms with Gasteiger partial charge in [-0.25, -0.2) is 4.98 Å². The number of aryl methyl sites for hydroxylation is 1. The van der Waals surface area contributed by atoms with Gasteiger partial charge in [0.2, 0.25) is 0 Å². The Balaban J connectivity index is 1.56. The van der Waals surface area contributed by atoms with Crippen molar-refractivity contribution in [2.24, 2.45) is 5.92 Å². The predicted molar refractivity (Wildman–Crippen MR) is 127 cm³/mol. The minimum Gasteiger partial charge on any atom is -0.457 e. The summed E-state index contributed by atoms with van der Waals surface area (Å²) in [5, 5.41) is 4.21. The number of rotatable bonds is 7. The first-order chi connectivity index (χ1) is 15.4. The Labute approximate surface area is 192 Å². The second-order valence-electron chi connectivity index (χ2n) is 8.40. The summed E-state index contributed by atoms with van der Waals surface area (Å²) in [5.74, 6) is 2.06. The van der Waals surface area contributed by atoms with Crippen molar-refractivity contribution in [3.05, 3.63) is 64.7 Å². The molecule has 6 nitrogen and oxygen atoms in total. The number of ketones is 1. The second kappa shape index (κ2) is 9.53. The topological polar surface area (TPSA) is 71.5 Å². The third kappa shape index (κ3) is 5.34. The van der Waals surface area contributed by atoms with Gasteiger partial charge in [0.25, 0.3) is 5.91 Å². The zero-order valence-corrected chi connectivity index (χ0v) is 19.4. The van der Waals surface area contributed by atoms with Crippen LogP contribution in [0.25, 0.3) is 0 Å². The van der Waals surface area contributed by atoms with Gasteiger partial charge in [-0.05, 0) is 73.7 Å². The van der Waals surface area contributed by atoms with Crippen molar-refractivity contribution < 1.29 is 14.3 Å². The summed E-state index contributed by atoms with van der Waals surface area (Å²) in [7, 11) is 3.46. The quantitative estimate of drug-likeness (QED) is 0.508. The minimum atomic E-state index is -0.0454. The summed E-state index contributed by atoms with van der Waals surface area (Å²) in [6.45, 7) is 2.03. The van der Waals surface area contributed by atoms with E-state index in [1.165, 1.54) is 0 Å². The van der Waals surface area contributed by atoms with Crippen LogP contribution < -0.4 is 10.1 Å². The molecule has 1 aliphatic rings. The lowest BCUT2D eigenvalue weighted by Gasteiger charge is -2.16. The number of carbonyl (C=O) groups excluding carboxylic acids is 2. The minimum absolute atomic E-state index is 0.0454. The molecule has 32 heavy (non-hydrogen) atoms. The number of aromatic nitrogens is 1. The molecule has 1 N–H and O–H groups in total. The summed E-state index contributed by atoms with van der Waals surface area (Å²) in [5.41, 5.74) is 2.61. The Morgan fingerprint density at radius 3 is 2.62 bits per heavy atom. The Hall–Kier alpha value is -3.19. The monoisotopic (exact) mass is 449 g/mol. The van der Waals surface area contributed by atoms with Crippen LogP contribution in [0.4, 0.5) is 10.8 Å². The van der Waals surface area contributed by atoms with Crippen LogP contribution >= 0.6 is 11.3 Å². The lowest BCUT2D eigenvalue weighted by atomic mass is 9.97. The molecule has 1 aliphatic carbocycles. The Morgan fingerprint density at radius 2 is 2.00 bits per heavy atom. The number of nitrogens with zero attached hydrogens (tertiary/aromatic N) is 2. The summed E-state index contributed by atoms with van der Waals surface area (Å²) < 4.78 is 6.20. The number of nitrogens with one attached hydrogen (secondary N) is 1. The van der Waals surface area contributed by atoms with Gasteiger partial charge in [0.15, 0.2) is 5.13 Å². The van der Waals surface area contributed by atoms with E-state index >= 15 is 0 Å². The van der Waals surface area contributed by atoms with Crippen molar-refractivity contribution in [3.8, 4) is 11.5 Å². The highest BCUT2D eigenvalue weighted by atomic mass is 32.1. The summed E-state index contributed by atoms with van der Waals surface area (Å²) in [4.78, 5) is 31.0. The van der Waals surface area contributed by atoms with Crippen LogP contribution in [0.5, 0.6) is 11.5 Å². The fourth-order valence-electron chi connectivity index (χ4n) is 3.88. The highest BCUT2D eigenvalue weighted by Crippen LogP contribution is 2.34. The Kier molecular flexibility index (Phi) is 6.55. The molecular weight excluding hydrogens is 422 g/mol. The van der Waals surface area contributed by atoms with E-state index < -0.39 is 0 Å². The molecular formula is C25H27N3O3S. The van der Waals surface area contributed by atoms with E-state index in [1.54, 1.807) is 42.5 Å². The molecule has 2 aromatic carbocycles. The van der Waals surface area contributed by atoms with Crippen LogP contribution in [0.2, 0.25) is 0 Å². The van der Waals surface area contributed by atoms with Crippen LogP contribution in [-0.4, -0.2) is 35.7 Å². The number of Topliss-reactive ketones (excluding diaryl/α,β-unsaturated/α-hetero) is 1. The van der Waals surface area contributed by atoms with E-state index in [2.05, 4.69) is 16.4 Å². The van der Waals surface area contributed by atoms with Crippen molar-refractivity contribution in [2.75, 3.05) is 19.4 Å². The number of thiazole rings is 1. The van der Waals surface area contributed by atoms with Crippen LogP contribution in [0.3, 0.4) is 0 Å². The fraction of sp³-hybridized carbons (Fsp3) is 0.320. The highest BCUT2D eigenvalue weighted by Gasteiger charge is 2.24. The van der Waals surface area contributed by atoms with E-state index in [4.69, 9.17) is 4.74 Å². The molecule has 3 aromatic rings. The summed E-state index contributed by atoms with van der Waals surface area (Å²) >= 11 is 1.60. The van der Waals surface area contributed by atoms with E-state index in [9.17, 15) is 9.59 Å². The van der Waals surface area contributed by atoms with Crippen LogP contribution in [0.15, 0.2) is 48.7 Å². The molecule has 1 saturated carbocycles. The number of hydrogen-bond acceptors (Lipinski definition) is 6. The van der Waals surface area contributed by atoms with Gasteiger partial charge in [0, 0.05) is 49.3 Å². The number of benzene rings is 2. The number of carbonyl (C=O) groups is 2. The molecule has 7 heteroatoms. The van der Waals surface area contributed by atoms with Crippen LogP contribution in [-0.2, 0) is 11.2 Å². The zero-order chi connectivity index (χ0) is 22.7. The zero-order valence-electron chi connectivity index (χ0n) is 18.6. The third-order valence-electron chi connectivity index (χ3n) is 5.52. The van der Waals surface area contributed by atoms with Crippen LogP contribution in [0, 0.1) is 12.8 Å². The van der Waals surface area contributed by atoms with Gasteiger partial charge >= 0.3 is 0 Å². The fourth-order valence-corrected chi connectivity index (χ4v) is 4.56. The lowest BCUT2D eigenvalue weighted by molar-refractivity contribution is -0.117. The van der Waals surface area contributed by atoms with Gasteiger partial charge < -0.3 is 15.0 Å². The molecule has 166 valence electrons. The van der Waals surface area contributed by atoms with E-state index in [-0.39, 0.29) is 5.91 Å². The van der Waals surface area contributed by atoms with Crippen molar-refractivity contribution in [1.82, 2.24) is 9.88 Å². The molecule has 0 spiro atoms. The van der Waals surface area contributed by atoms with Crippen molar-refractivity contribution in [1.29, 1.82) is 0 Å². The van der Waals surface area contributed by atoms with E-state index in [1.807, 2.05) is 37.4 Å². The maximum absolute atomic E-state index is 12.1. The first-order valence-corrected chi connectivity index (χ1v) is 11.5. The first kappa shape index (κ1) is 22.0. The number of amides is 1. The molecule has 1 heterocycles. The molecule has 1 aromatic heterocycles. The van der Waals surface area contributed by atoms with Crippen molar-refractivity contribution in [3.63, 3.8) is 0 Å². The average Bonchev–Trinajstić information content (AvgIpc) is 3.37. The van der Waals surface area contributed by atoms with Gasteiger partial charge in [-0.3, -0.25) is 9.59 Å². The second-order valence-corrected chi connectivity index (χ2v) is 9.64. The molecule has 0 saturated heterocycles. The summed E-state index contributed by atoms with van der Waals surface area (Å²) in [6.07, 6.45) is 4.84. The predicted octanol–water partition coefficient (Wildman–Crippen LogP) is 5.60. The van der Waals surface area contributed by atoms with Gasteiger partial charge in [-0.1, -0.05) is 0 Å². The van der Waals surface area contributed by atoms with Gasteiger partial charge in [0.1, 0.15) is 17.3 Å². The maximum atomic E-state index is 12.1. The number of ether oxygens (including phenoxy) is 1. The molecule has 4 rings (SSSR count). The van der Waals surface area contributed by atoms with Gasteiger partial charge in [-0.2, -0.15) is 0 Å². The Bertz CT molecular complexity index is 1120. The van der Waals surface area contributed by atoms with Crippen molar-refractivity contribution >= 4 is 33.8 Å². The van der Waals surface area contributed by atoms with E-state index in [0.29, 0.717) is 35.9 Å². The highest BCUT2D eigenvalue weighted by molar-refractivity contribution is 7.15. The standard InChI is InChI=1S/C25H27N3O3S/c1-16-15-26-25(32-16)27-20-7-11-23(19(14-20)12-17-4-8-21(29)13-17)31-22-9-5-18(6-10-22)24(30)28(2)3/h5-7,9-11,14-15,17H,4,8,12-13H2,1-3H3,(H,26,27).